The Balaban J connectivity index is 1.67. The average Bonchev–Trinajstić information content (AvgIpc) is 2.72. The molecule has 1 aromatic carbocycles. The van der Waals surface area contributed by atoms with Crippen molar-refractivity contribution in [2.75, 3.05) is 19.6 Å². The zero-order valence-corrected chi connectivity index (χ0v) is 16.7. The van der Waals surface area contributed by atoms with Crippen LogP contribution in [-0.4, -0.2) is 41.5 Å². The van der Waals surface area contributed by atoms with Gasteiger partial charge in [0, 0.05) is 35.9 Å². The van der Waals surface area contributed by atoms with Crippen LogP contribution in [0.3, 0.4) is 0 Å². The Kier molecular flexibility index (Phi) is 7.25. The second-order valence-electron chi connectivity index (χ2n) is 7.32. The maximum atomic E-state index is 13.0. The van der Waals surface area contributed by atoms with Gasteiger partial charge >= 0.3 is 0 Å². The molecule has 0 saturated carbocycles. The second kappa shape index (κ2) is 9.86. The summed E-state index contributed by atoms with van der Waals surface area (Å²) in [5.74, 6) is -0.224. The molecule has 144 valence electrons. The predicted octanol–water partition coefficient (Wildman–Crippen LogP) is 4.05. The lowest BCUT2D eigenvalue weighted by Gasteiger charge is -2.32. The number of carbonyl (C=O) groups is 1. The summed E-state index contributed by atoms with van der Waals surface area (Å²) in [4.78, 5) is 19.9. The maximum absolute atomic E-state index is 13.0. The van der Waals surface area contributed by atoms with Gasteiger partial charge in [-0.2, -0.15) is 0 Å². The van der Waals surface area contributed by atoms with Crippen LogP contribution < -0.4 is 5.32 Å². The molecule has 1 saturated heterocycles. The van der Waals surface area contributed by atoms with Crippen LogP contribution in [-0.2, 0) is 11.2 Å². The molecule has 1 amide bonds. The van der Waals surface area contributed by atoms with E-state index in [1.54, 1.807) is 6.20 Å². The van der Waals surface area contributed by atoms with Crippen LogP contribution in [0.25, 0.3) is 0 Å². The summed E-state index contributed by atoms with van der Waals surface area (Å²) in [7, 11) is 0. The van der Waals surface area contributed by atoms with E-state index in [0.717, 1.165) is 24.3 Å². The van der Waals surface area contributed by atoms with Crippen LogP contribution in [0.1, 0.15) is 43.4 Å². The van der Waals surface area contributed by atoms with Crippen LogP contribution in [0.2, 0.25) is 5.02 Å². The third kappa shape index (κ3) is 5.78. The van der Waals surface area contributed by atoms with Gasteiger partial charge in [-0.05, 0) is 62.7 Å². The number of aromatic nitrogens is 1. The minimum atomic E-state index is -0.272. The molecule has 2 unspecified atom stereocenters. The van der Waals surface area contributed by atoms with Gasteiger partial charge < -0.3 is 5.32 Å². The zero-order valence-electron chi connectivity index (χ0n) is 15.9. The van der Waals surface area contributed by atoms with Gasteiger partial charge in [0.1, 0.15) is 0 Å². The van der Waals surface area contributed by atoms with Crippen molar-refractivity contribution in [2.45, 2.75) is 44.6 Å². The first-order valence-corrected chi connectivity index (χ1v) is 10.2. The monoisotopic (exact) mass is 385 g/mol. The van der Waals surface area contributed by atoms with E-state index in [9.17, 15) is 4.79 Å². The van der Waals surface area contributed by atoms with Gasteiger partial charge in [0.05, 0.1) is 5.92 Å². The van der Waals surface area contributed by atoms with Crippen LogP contribution in [0, 0.1) is 0 Å². The zero-order chi connectivity index (χ0) is 19.1. The maximum Gasteiger partial charge on any atom is 0.227 e. The standard InChI is InChI=1S/C22H28ClN3O/c1-17(26-13-5-2-6-14-26)16-25-22(27)21(15-20-7-3-4-12-24-20)18-8-10-19(23)11-9-18/h3-4,7-12,17,21H,2,5-6,13-16H2,1H3,(H,25,27). The van der Waals surface area contributed by atoms with E-state index in [-0.39, 0.29) is 11.8 Å². The van der Waals surface area contributed by atoms with Crippen LogP contribution in [0.15, 0.2) is 48.7 Å². The van der Waals surface area contributed by atoms with Crippen molar-refractivity contribution in [3.05, 3.63) is 64.9 Å². The Bertz CT molecular complexity index is 714. The number of hydrogen-bond donors (Lipinski definition) is 1. The first-order valence-electron chi connectivity index (χ1n) is 9.80. The number of pyridine rings is 1. The number of benzene rings is 1. The second-order valence-corrected chi connectivity index (χ2v) is 7.76. The number of halogens is 1. The molecule has 0 bridgehead atoms. The average molecular weight is 386 g/mol. The molecule has 1 aromatic heterocycles. The summed E-state index contributed by atoms with van der Waals surface area (Å²) in [6.07, 6.45) is 6.17. The lowest BCUT2D eigenvalue weighted by Crippen LogP contribution is -2.45. The molecule has 0 spiro atoms. The minimum Gasteiger partial charge on any atom is -0.354 e. The molecule has 1 aliphatic heterocycles. The van der Waals surface area contributed by atoms with Crippen molar-refractivity contribution in [3.8, 4) is 0 Å². The fourth-order valence-corrected chi connectivity index (χ4v) is 3.77. The lowest BCUT2D eigenvalue weighted by molar-refractivity contribution is -0.122. The molecule has 2 heterocycles. The smallest absolute Gasteiger partial charge is 0.227 e. The van der Waals surface area contributed by atoms with Gasteiger partial charge in [0.25, 0.3) is 0 Å². The number of nitrogens with one attached hydrogen (secondary N) is 1. The number of likely N-dealkylation sites (tertiary alicyclic amines) is 1. The Morgan fingerprint density at radius 2 is 1.89 bits per heavy atom. The highest BCUT2D eigenvalue weighted by molar-refractivity contribution is 6.30. The van der Waals surface area contributed by atoms with E-state index in [1.807, 2.05) is 42.5 Å². The molecule has 2 atom stereocenters. The number of piperidine rings is 1. The van der Waals surface area contributed by atoms with Gasteiger partial charge in [-0.3, -0.25) is 14.7 Å². The largest absolute Gasteiger partial charge is 0.354 e. The number of nitrogens with zero attached hydrogens (tertiary/aromatic N) is 2. The lowest BCUT2D eigenvalue weighted by atomic mass is 9.93. The summed E-state index contributed by atoms with van der Waals surface area (Å²) in [6, 6.07) is 13.7. The van der Waals surface area contributed by atoms with E-state index >= 15 is 0 Å². The van der Waals surface area contributed by atoms with Crippen LogP contribution in [0.4, 0.5) is 0 Å². The molecule has 4 nitrogen and oxygen atoms in total. The molecule has 1 fully saturated rings. The Morgan fingerprint density at radius 3 is 2.56 bits per heavy atom. The van der Waals surface area contributed by atoms with E-state index in [0.29, 0.717) is 24.0 Å². The molecule has 0 radical (unpaired) electrons. The van der Waals surface area contributed by atoms with Gasteiger partial charge in [0.2, 0.25) is 5.91 Å². The first kappa shape index (κ1) is 19.8. The van der Waals surface area contributed by atoms with Crippen molar-refractivity contribution < 1.29 is 4.79 Å². The summed E-state index contributed by atoms with van der Waals surface area (Å²) >= 11 is 6.03. The predicted molar refractivity (Wildman–Crippen MR) is 110 cm³/mol. The highest BCUT2D eigenvalue weighted by Gasteiger charge is 2.23. The van der Waals surface area contributed by atoms with E-state index in [1.165, 1.54) is 19.3 Å². The van der Waals surface area contributed by atoms with Gasteiger partial charge in [-0.25, -0.2) is 0 Å². The van der Waals surface area contributed by atoms with Crippen LogP contribution in [0.5, 0.6) is 0 Å². The summed E-state index contributed by atoms with van der Waals surface area (Å²) < 4.78 is 0. The molecule has 0 aliphatic carbocycles. The van der Waals surface area contributed by atoms with Gasteiger partial charge in [-0.1, -0.05) is 36.2 Å². The summed E-state index contributed by atoms with van der Waals surface area (Å²) in [5.41, 5.74) is 1.88. The van der Waals surface area contributed by atoms with E-state index < -0.39 is 0 Å². The van der Waals surface area contributed by atoms with Crippen molar-refractivity contribution >= 4 is 17.5 Å². The Labute approximate surface area is 166 Å². The van der Waals surface area contributed by atoms with Crippen molar-refractivity contribution in [1.82, 2.24) is 15.2 Å². The fraction of sp³-hybridized carbons (Fsp3) is 0.455. The Morgan fingerprint density at radius 1 is 1.15 bits per heavy atom. The Hall–Kier alpha value is -1.91. The molecule has 5 heteroatoms. The number of carbonyl (C=O) groups excluding carboxylic acids is 1. The highest BCUT2D eigenvalue weighted by atomic mass is 35.5. The summed E-state index contributed by atoms with van der Waals surface area (Å²) in [6.45, 7) is 5.13. The quantitative estimate of drug-likeness (QED) is 0.781. The SMILES string of the molecule is CC(CNC(=O)C(Cc1ccccn1)c1ccc(Cl)cc1)N1CCCCC1. The van der Waals surface area contributed by atoms with Gasteiger partial charge in [0.15, 0.2) is 0 Å². The van der Waals surface area contributed by atoms with Crippen molar-refractivity contribution in [3.63, 3.8) is 0 Å². The van der Waals surface area contributed by atoms with E-state index in [2.05, 4.69) is 22.1 Å². The number of rotatable bonds is 7. The third-order valence-corrected chi connectivity index (χ3v) is 5.57. The molecule has 1 aliphatic rings. The number of hydrogen-bond acceptors (Lipinski definition) is 3. The molecular weight excluding hydrogens is 358 g/mol. The normalized spacial score (nSPS) is 17.3. The molecule has 27 heavy (non-hydrogen) atoms. The third-order valence-electron chi connectivity index (χ3n) is 5.31. The van der Waals surface area contributed by atoms with E-state index in [4.69, 9.17) is 11.6 Å². The molecular formula is C22H28ClN3O. The molecule has 2 aromatic rings. The topological polar surface area (TPSA) is 45.2 Å². The van der Waals surface area contributed by atoms with Gasteiger partial charge in [-0.15, -0.1) is 0 Å². The molecule has 3 rings (SSSR count). The number of amides is 1. The minimum absolute atomic E-state index is 0.0480. The fourth-order valence-electron chi connectivity index (χ4n) is 3.64. The summed E-state index contributed by atoms with van der Waals surface area (Å²) in [5, 5.41) is 3.85. The van der Waals surface area contributed by atoms with Crippen molar-refractivity contribution in [2.24, 2.45) is 0 Å². The van der Waals surface area contributed by atoms with Crippen LogP contribution >= 0.6 is 11.6 Å². The first-order chi connectivity index (χ1) is 13.1. The molecule has 1 N–H and O–H groups in total. The highest BCUT2D eigenvalue weighted by Crippen LogP contribution is 2.23. The van der Waals surface area contributed by atoms with Crippen molar-refractivity contribution in [1.29, 1.82) is 0 Å².